The van der Waals surface area contributed by atoms with Crippen LogP contribution in [-0.2, 0) is 5.41 Å². The quantitative estimate of drug-likeness (QED) is 0.201. The van der Waals surface area contributed by atoms with Gasteiger partial charge in [-0.15, -0.1) is 0 Å². The highest BCUT2D eigenvalue weighted by molar-refractivity contribution is 6.11. The van der Waals surface area contributed by atoms with Crippen LogP contribution in [0.15, 0.2) is 138 Å². The second kappa shape index (κ2) is 9.47. The van der Waals surface area contributed by atoms with Gasteiger partial charge in [0.1, 0.15) is 11.2 Å². The normalized spacial score (nSPS) is 13.5. The van der Waals surface area contributed by atoms with Crippen molar-refractivity contribution in [2.24, 2.45) is 0 Å². The Labute approximate surface area is 270 Å². The van der Waals surface area contributed by atoms with Crippen LogP contribution in [-0.4, -0.2) is 19.5 Å². The van der Waals surface area contributed by atoms with Gasteiger partial charge in [-0.2, -0.15) is 9.97 Å². The van der Waals surface area contributed by atoms with E-state index in [1.165, 1.54) is 33.0 Å². The van der Waals surface area contributed by atoms with Crippen molar-refractivity contribution in [3.63, 3.8) is 0 Å². The molecule has 0 atom stereocenters. The Kier molecular flexibility index (Phi) is 5.28. The predicted molar refractivity (Wildman–Crippen MR) is 190 cm³/mol. The molecule has 47 heavy (non-hydrogen) atoms. The van der Waals surface area contributed by atoms with E-state index in [9.17, 15) is 0 Å². The number of benzene rings is 6. The van der Waals surface area contributed by atoms with Gasteiger partial charge in [0, 0.05) is 38.1 Å². The summed E-state index contributed by atoms with van der Waals surface area (Å²) in [5.41, 5.74) is 10.7. The van der Waals surface area contributed by atoms with Gasteiger partial charge in [-0.3, -0.25) is 4.57 Å². The molecule has 0 spiro atoms. The van der Waals surface area contributed by atoms with Crippen LogP contribution in [0.5, 0.6) is 0 Å². The minimum Gasteiger partial charge on any atom is -0.456 e. The van der Waals surface area contributed by atoms with Crippen LogP contribution >= 0.6 is 0 Å². The molecule has 3 aromatic heterocycles. The molecule has 222 valence electrons. The number of fused-ring (bicyclic) bond motifs is 9. The molecule has 0 saturated heterocycles. The molecule has 1 aliphatic rings. The standard InChI is InChI=1S/C42H28N4O/c1-42(2)33-17-9-6-14-27(33)31-23-32-28-15-7-10-18-35(28)46(36(32)24-34(31)42)41-44-39(25-12-4-3-5-13-25)43-40(45-41)26-20-21-30-29-16-8-11-19-37(29)47-38(30)22-26/h3-24H,1-2H3. The lowest BCUT2D eigenvalue weighted by molar-refractivity contribution is 0.661. The third kappa shape index (κ3) is 3.74. The van der Waals surface area contributed by atoms with Gasteiger partial charge in [-0.1, -0.05) is 111 Å². The smallest absolute Gasteiger partial charge is 0.238 e. The Morgan fingerprint density at radius 2 is 1.19 bits per heavy atom. The molecule has 1 aliphatic carbocycles. The molecule has 0 unspecified atom stereocenters. The van der Waals surface area contributed by atoms with Gasteiger partial charge in [0.05, 0.1) is 11.0 Å². The Morgan fingerprint density at radius 3 is 2.06 bits per heavy atom. The second-order valence-corrected chi connectivity index (χ2v) is 12.9. The zero-order valence-corrected chi connectivity index (χ0v) is 25.9. The third-order valence-corrected chi connectivity index (χ3v) is 9.87. The summed E-state index contributed by atoms with van der Waals surface area (Å²) >= 11 is 0. The van der Waals surface area contributed by atoms with Gasteiger partial charge < -0.3 is 4.42 Å². The maximum absolute atomic E-state index is 6.26. The maximum atomic E-state index is 6.26. The number of aromatic nitrogens is 4. The lowest BCUT2D eigenvalue weighted by Gasteiger charge is -2.21. The van der Waals surface area contributed by atoms with Crippen LogP contribution in [0, 0.1) is 0 Å². The minimum absolute atomic E-state index is 0.136. The summed E-state index contributed by atoms with van der Waals surface area (Å²) in [5, 5.41) is 4.51. The van der Waals surface area contributed by atoms with E-state index in [0.717, 1.165) is 44.1 Å². The molecular weight excluding hydrogens is 576 g/mol. The van der Waals surface area contributed by atoms with E-state index in [2.05, 4.69) is 97.3 Å². The van der Waals surface area contributed by atoms with Crippen LogP contribution < -0.4 is 0 Å². The Morgan fingerprint density at radius 1 is 0.489 bits per heavy atom. The van der Waals surface area contributed by atoms with Crippen molar-refractivity contribution in [3.8, 4) is 39.9 Å². The SMILES string of the molecule is CC1(C)c2ccccc2-c2cc3c4ccccc4n(-c4nc(-c5ccccc5)nc(-c5ccc6c(c5)oc5ccccc56)n4)c3cc21. The third-order valence-electron chi connectivity index (χ3n) is 9.87. The summed E-state index contributed by atoms with van der Waals surface area (Å²) in [7, 11) is 0. The fraction of sp³-hybridized carbons (Fsp3) is 0.0714. The highest BCUT2D eigenvalue weighted by atomic mass is 16.3. The molecule has 0 bridgehead atoms. The van der Waals surface area contributed by atoms with E-state index in [-0.39, 0.29) is 5.41 Å². The topological polar surface area (TPSA) is 56.7 Å². The van der Waals surface area contributed by atoms with Gasteiger partial charge in [-0.05, 0) is 58.7 Å². The fourth-order valence-electron chi connectivity index (χ4n) is 7.55. The van der Waals surface area contributed by atoms with Gasteiger partial charge in [0.25, 0.3) is 0 Å². The maximum Gasteiger partial charge on any atom is 0.238 e. The van der Waals surface area contributed by atoms with Crippen molar-refractivity contribution in [3.05, 3.63) is 145 Å². The largest absolute Gasteiger partial charge is 0.456 e. The van der Waals surface area contributed by atoms with Gasteiger partial charge in [-0.25, -0.2) is 4.98 Å². The average Bonchev–Trinajstić information content (AvgIpc) is 3.73. The van der Waals surface area contributed by atoms with Crippen LogP contribution in [0.3, 0.4) is 0 Å². The molecule has 10 rings (SSSR count). The van der Waals surface area contributed by atoms with E-state index in [4.69, 9.17) is 19.4 Å². The Balaban J connectivity index is 1.26. The zero-order chi connectivity index (χ0) is 31.3. The first-order chi connectivity index (χ1) is 23.0. The summed E-state index contributed by atoms with van der Waals surface area (Å²) in [6, 6.07) is 46.5. The number of para-hydroxylation sites is 2. The van der Waals surface area contributed by atoms with Gasteiger partial charge in [0.2, 0.25) is 5.95 Å². The molecular formula is C42H28N4O. The molecule has 0 amide bonds. The molecule has 0 fully saturated rings. The Bertz CT molecular complexity index is 2720. The summed E-state index contributed by atoms with van der Waals surface area (Å²) in [5.74, 6) is 1.80. The molecule has 9 aromatic rings. The first-order valence-corrected chi connectivity index (χ1v) is 16.0. The zero-order valence-electron chi connectivity index (χ0n) is 25.9. The summed E-state index contributed by atoms with van der Waals surface area (Å²) in [6.45, 7) is 4.64. The number of hydrogen-bond donors (Lipinski definition) is 0. The van der Waals surface area contributed by atoms with Gasteiger partial charge >= 0.3 is 0 Å². The predicted octanol–water partition coefficient (Wildman–Crippen LogP) is 10.5. The fourth-order valence-corrected chi connectivity index (χ4v) is 7.55. The molecule has 0 aliphatic heterocycles. The lowest BCUT2D eigenvalue weighted by atomic mass is 9.82. The van der Waals surface area contributed by atoms with E-state index < -0.39 is 0 Å². The van der Waals surface area contributed by atoms with E-state index >= 15 is 0 Å². The van der Waals surface area contributed by atoms with E-state index in [1.54, 1.807) is 0 Å². The summed E-state index contributed by atoms with van der Waals surface area (Å²) in [4.78, 5) is 15.4. The highest BCUT2D eigenvalue weighted by Crippen LogP contribution is 2.50. The first-order valence-electron chi connectivity index (χ1n) is 16.0. The van der Waals surface area contributed by atoms with Crippen molar-refractivity contribution in [1.82, 2.24) is 19.5 Å². The highest BCUT2D eigenvalue weighted by Gasteiger charge is 2.36. The molecule has 5 heteroatoms. The first kappa shape index (κ1) is 26.2. The van der Waals surface area contributed by atoms with Crippen molar-refractivity contribution < 1.29 is 4.42 Å². The van der Waals surface area contributed by atoms with E-state index in [0.29, 0.717) is 17.6 Å². The average molecular weight is 605 g/mol. The molecule has 0 radical (unpaired) electrons. The second-order valence-electron chi connectivity index (χ2n) is 12.9. The van der Waals surface area contributed by atoms with Crippen LogP contribution in [0.1, 0.15) is 25.0 Å². The van der Waals surface area contributed by atoms with Crippen LogP contribution in [0.2, 0.25) is 0 Å². The molecule has 0 saturated carbocycles. The van der Waals surface area contributed by atoms with Crippen molar-refractivity contribution in [1.29, 1.82) is 0 Å². The molecule has 3 heterocycles. The molecule has 5 nitrogen and oxygen atoms in total. The summed E-state index contributed by atoms with van der Waals surface area (Å²) in [6.07, 6.45) is 0. The molecule has 6 aromatic carbocycles. The monoisotopic (exact) mass is 604 g/mol. The van der Waals surface area contributed by atoms with Crippen molar-refractivity contribution in [2.45, 2.75) is 19.3 Å². The van der Waals surface area contributed by atoms with Crippen LogP contribution in [0.4, 0.5) is 0 Å². The number of furan rings is 1. The van der Waals surface area contributed by atoms with Crippen LogP contribution in [0.25, 0.3) is 83.6 Å². The van der Waals surface area contributed by atoms with E-state index in [1.807, 2.05) is 54.6 Å². The summed E-state index contributed by atoms with van der Waals surface area (Å²) < 4.78 is 8.47. The Hall–Kier alpha value is -6.07. The number of nitrogens with zero attached hydrogens (tertiary/aromatic N) is 4. The number of hydrogen-bond acceptors (Lipinski definition) is 4. The number of rotatable bonds is 3. The van der Waals surface area contributed by atoms with Crippen molar-refractivity contribution >= 4 is 43.7 Å². The molecule has 0 N–H and O–H groups in total. The van der Waals surface area contributed by atoms with Gasteiger partial charge in [0.15, 0.2) is 11.6 Å². The minimum atomic E-state index is -0.136. The van der Waals surface area contributed by atoms with Crippen molar-refractivity contribution in [2.75, 3.05) is 0 Å². The lowest BCUT2D eigenvalue weighted by Crippen LogP contribution is -2.15.